The number of anilines is 2. The topological polar surface area (TPSA) is 109 Å². The summed E-state index contributed by atoms with van der Waals surface area (Å²) in [5.41, 5.74) is 3.05. The molecule has 1 unspecified atom stereocenters. The van der Waals surface area contributed by atoms with E-state index in [9.17, 15) is 14.4 Å². The molecule has 36 heavy (non-hydrogen) atoms. The fraction of sp³-hybridized carbons (Fsp3) is 0.154. The van der Waals surface area contributed by atoms with E-state index in [1.165, 1.54) is 11.3 Å². The van der Waals surface area contributed by atoms with Crippen molar-refractivity contribution in [2.45, 2.75) is 19.9 Å². The normalized spacial score (nSPS) is 11.5. The number of benzene rings is 3. The second kappa shape index (κ2) is 11.2. The molecule has 10 heteroatoms. The van der Waals surface area contributed by atoms with Gasteiger partial charge >= 0.3 is 12.0 Å². The fourth-order valence-electron chi connectivity index (χ4n) is 3.51. The number of hydrogen-bond acceptors (Lipinski definition) is 6. The van der Waals surface area contributed by atoms with Gasteiger partial charge in [0, 0.05) is 5.56 Å². The third-order valence-corrected chi connectivity index (χ3v) is 6.51. The maximum atomic E-state index is 12.8. The zero-order chi connectivity index (χ0) is 25.7. The van der Waals surface area contributed by atoms with E-state index >= 15 is 0 Å². The number of esters is 1. The number of nitrogens with zero attached hydrogens (tertiary/aromatic N) is 1. The number of nitrogens with one attached hydrogen (secondary N) is 3. The molecule has 184 valence electrons. The highest BCUT2D eigenvalue weighted by atomic mass is 35.5. The van der Waals surface area contributed by atoms with E-state index in [1.807, 2.05) is 25.1 Å². The first kappa shape index (κ1) is 25.2. The molecule has 1 aromatic heterocycles. The number of aromatic nitrogens is 1. The Hall–Kier alpha value is -3.95. The highest BCUT2D eigenvalue weighted by molar-refractivity contribution is 7.22. The second-order valence-electron chi connectivity index (χ2n) is 7.78. The molecular formula is C26H23ClN4O4S. The molecule has 0 aliphatic heterocycles. The zero-order valence-electron chi connectivity index (χ0n) is 19.5. The first-order valence-corrected chi connectivity index (χ1v) is 12.3. The van der Waals surface area contributed by atoms with Crippen LogP contribution < -0.4 is 16.0 Å². The summed E-state index contributed by atoms with van der Waals surface area (Å²) >= 11 is 7.43. The Balaban J connectivity index is 1.48. The Morgan fingerprint density at radius 3 is 2.53 bits per heavy atom. The van der Waals surface area contributed by atoms with Gasteiger partial charge in [-0.2, -0.15) is 0 Å². The van der Waals surface area contributed by atoms with Gasteiger partial charge in [-0.15, -0.1) is 0 Å². The molecule has 0 radical (unpaired) electrons. The molecule has 0 saturated carbocycles. The van der Waals surface area contributed by atoms with Crippen molar-refractivity contribution < 1.29 is 19.1 Å². The first-order chi connectivity index (χ1) is 17.4. The van der Waals surface area contributed by atoms with Crippen LogP contribution in [-0.2, 0) is 9.53 Å². The second-order valence-corrected chi connectivity index (χ2v) is 9.22. The van der Waals surface area contributed by atoms with Crippen LogP contribution in [-0.4, -0.2) is 29.5 Å². The first-order valence-electron chi connectivity index (χ1n) is 11.1. The number of thiazole rings is 1. The number of fused-ring (bicyclic) bond motifs is 1. The largest absolute Gasteiger partial charge is 0.464 e. The Kier molecular flexibility index (Phi) is 7.82. The van der Waals surface area contributed by atoms with E-state index in [0.717, 1.165) is 5.56 Å². The van der Waals surface area contributed by atoms with Crippen LogP contribution in [0, 0.1) is 6.92 Å². The van der Waals surface area contributed by atoms with Gasteiger partial charge < -0.3 is 15.4 Å². The molecule has 1 heterocycles. The molecule has 0 aliphatic carbocycles. The molecule has 3 aromatic carbocycles. The van der Waals surface area contributed by atoms with E-state index in [2.05, 4.69) is 20.9 Å². The van der Waals surface area contributed by atoms with Gasteiger partial charge in [-0.3, -0.25) is 10.1 Å². The van der Waals surface area contributed by atoms with E-state index < -0.39 is 18.0 Å². The summed E-state index contributed by atoms with van der Waals surface area (Å²) in [6, 6.07) is 17.7. The van der Waals surface area contributed by atoms with Gasteiger partial charge in [0.15, 0.2) is 11.2 Å². The minimum atomic E-state index is -0.968. The van der Waals surface area contributed by atoms with Crippen LogP contribution in [0.4, 0.5) is 15.6 Å². The van der Waals surface area contributed by atoms with E-state index in [4.69, 9.17) is 16.3 Å². The number of para-hydroxylation sites is 1. The van der Waals surface area contributed by atoms with Gasteiger partial charge in [0.1, 0.15) is 0 Å². The summed E-state index contributed by atoms with van der Waals surface area (Å²) in [6.45, 7) is 3.75. The van der Waals surface area contributed by atoms with Crippen LogP contribution >= 0.6 is 22.9 Å². The predicted molar refractivity (Wildman–Crippen MR) is 142 cm³/mol. The third kappa shape index (κ3) is 5.81. The van der Waals surface area contributed by atoms with Crippen molar-refractivity contribution in [1.29, 1.82) is 0 Å². The molecule has 8 nitrogen and oxygen atoms in total. The minimum absolute atomic E-state index is 0.190. The summed E-state index contributed by atoms with van der Waals surface area (Å²) in [7, 11) is 0. The van der Waals surface area contributed by atoms with E-state index in [0.29, 0.717) is 37.2 Å². The zero-order valence-corrected chi connectivity index (χ0v) is 21.1. The average molecular weight is 523 g/mol. The van der Waals surface area contributed by atoms with Gasteiger partial charge in [0.05, 0.1) is 27.5 Å². The number of hydrogen-bond donors (Lipinski definition) is 3. The number of ether oxygens (including phenoxy) is 1. The Morgan fingerprint density at radius 1 is 1.03 bits per heavy atom. The van der Waals surface area contributed by atoms with Crippen LogP contribution in [0.2, 0.25) is 5.02 Å². The van der Waals surface area contributed by atoms with Crippen LogP contribution in [0.5, 0.6) is 0 Å². The van der Waals surface area contributed by atoms with Crippen molar-refractivity contribution >= 4 is 61.9 Å². The van der Waals surface area contributed by atoms with Crippen LogP contribution in [0.15, 0.2) is 66.7 Å². The maximum Gasteiger partial charge on any atom is 0.333 e. The van der Waals surface area contributed by atoms with Crippen molar-refractivity contribution in [2.75, 3.05) is 17.2 Å². The van der Waals surface area contributed by atoms with Gasteiger partial charge in [0.25, 0.3) is 5.91 Å². The number of carbonyl (C=O) groups excluding carboxylic acids is 3. The lowest BCUT2D eigenvalue weighted by Crippen LogP contribution is -2.37. The Bertz CT molecular complexity index is 1400. The monoisotopic (exact) mass is 522 g/mol. The maximum absolute atomic E-state index is 12.8. The standard InChI is InChI=1S/C26H23ClN4O4S/c1-3-35-24(33)22(16-9-5-4-6-10-16)30-25(34)31-26-28-19-13-12-17(14-20(19)36-26)23(32)29-21-15(2)8-7-11-18(21)27/h4-14,22H,3H2,1-2H3,(H,29,32)(H2,28,30,31,34). The smallest absolute Gasteiger partial charge is 0.333 e. The lowest BCUT2D eigenvalue weighted by molar-refractivity contribution is -0.145. The van der Waals surface area contributed by atoms with Crippen molar-refractivity contribution in [1.82, 2.24) is 10.3 Å². The molecule has 4 aromatic rings. The lowest BCUT2D eigenvalue weighted by Gasteiger charge is -2.17. The molecule has 0 bridgehead atoms. The van der Waals surface area contributed by atoms with Gasteiger partial charge in [0.2, 0.25) is 0 Å². The number of aryl methyl sites for hydroxylation is 1. The summed E-state index contributed by atoms with van der Waals surface area (Å²) in [4.78, 5) is 42.3. The van der Waals surface area contributed by atoms with Gasteiger partial charge in [-0.1, -0.05) is 65.4 Å². The molecule has 3 N–H and O–H groups in total. The third-order valence-electron chi connectivity index (χ3n) is 5.26. The molecule has 1 atom stereocenters. The van der Waals surface area contributed by atoms with Crippen molar-refractivity contribution in [3.8, 4) is 0 Å². The molecule has 0 aliphatic rings. The minimum Gasteiger partial charge on any atom is -0.464 e. The quantitative estimate of drug-likeness (QED) is 0.260. The van der Waals surface area contributed by atoms with Crippen LogP contribution in [0.1, 0.15) is 34.5 Å². The summed E-state index contributed by atoms with van der Waals surface area (Å²) in [6.07, 6.45) is 0. The number of carbonyl (C=O) groups is 3. The van der Waals surface area contributed by atoms with E-state index in [-0.39, 0.29) is 12.5 Å². The summed E-state index contributed by atoms with van der Waals surface area (Å²) in [5, 5.41) is 8.93. The Labute approximate surface area is 216 Å². The van der Waals surface area contributed by atoms with Crippen LogP contribution in [0.25, 0.3) is 10.2 Å². The van der Waals surface area contributed by atoms with Crippen molar-refractivity contribution in [3.63, 3.8) is 0 Å². The Morgan fingerprint density at radius 2 is 1.81 bits per heavy atom. The van der Waals surface area contributed by atoms with Gasteiger partial charge in [-0.05, 0) is 49.2 Å². The van der Waals surface area contributed by atoms with Crippen LogP contribution in [0.3, 0.4) is 0 Å². The molecule has 0 saturated heterocycles. The van der Waals surface area contributed by atoms with Gasteiger partial charge in [-0.25, -0.2) is 14.6 Å². The molecule has 3 amide bonds. The molecule has 0 fully saturated rings. The predicted octanol–water partition coefficient (Wildman–Crippen LogP) is 5.94. The molecule has 0 spiro atoms. The van der Waals surface area contributed by atoms with Crippen molar-refractivity contribution in [3.05, 3.63) is 88.4 Å². The summed E-state index contributed by atoms with van der Waals surface area (Å²) in [5.74, 6) is -0.874. The number of rotatable bonds is 7. The number of amides is 3. The SMILES string of the molecule is CCOC(=O)C(NC(=O)Nc1nc2ccc(C(=O)Nc3c(C)cccc3Cl)cc2s1)c1ccccc1. The lowest BCUT2D eigenvalue weighted by atomic mass is 10.1. The van der Waals surface area contributed by atoms with E-state index in [1.54, 1.807) is 55.5 Å². The fourth-order valence-corrected chi connectivity index (χ4v) is 4.68. The molecule has 4 rings (SSSR count). The number of halogens is 1. The molecular weight excluding hydrogens is 500 g/mol. The summed E-state index contributed by atoms with van der Waals surface area (Å²) < 4.78 is 5.82. The number of urea groups is 1. The highest BCUT2D eigenvalue weighted by Gasteiger charge is 2.24. The van der Waals surface area contributed by atoms with Crippen molar-refractivity contribution in [2.24, 2.45) is 0 Å². The highest BCUT2D eigenvalue weighted by Crippen LogP contribution is 2.29. The average Bonchev–Trinajstić information content (AvgIpc) is 3.26.